The van der Waals surface area contributed by atoms with Crippen LogP contribution in [0.15, 0.2) is 42.6 Å². The van der Waals surface area contributed by atoms with Gasteiger partial charge in [0.1, 0.15) is 5.82 Å². The number of hydrogen-bond donors (Lipinski definition) is 0. The summed E-state index contributed by atoms with van der Waals surface area (Å²) in [4.78, 5) is 18.4. The van der Waals surface area contributed by atoms with Crippen LogP contribution >= 0.6 is 0 Å². The highest BCUT2D eigenvalue weighted by atomic mass is 19.1. The summed E-state index contributed by atoms with van der Waals surface area (Å²) in [7, 11) is 1.53. The van der Waals surface area contributed by atoms with E-state index in [2.05, 4.69) is 4.98 Å². The minimum Gasteiger partial charge on any atom is -0.481 e. The number of pyridine rings is 1. The molecule has 1 aliphatic rings. The number of aromatic nitrogens is 1. The Kier molecular flexibility index (Phi) is 4.04. The van der Waals surface area contributed by atoms with Crippen molar-refractivity contribution < 1.29 is 13.9 Å². The van der Waals surface area contributed by atoms with Crippen LogP contribution in [0.5, 0.6) is 5.88 Å². The third kappa shape index (κ3) is 3.08. The van der Waals surface area contributed by atoms with Gasteiger partial charge in [-0.25, -0.2) is 9.37 Å². The van der Waals surface area contributed by atoms with Crippen LogP contribution in [0, 0.1) is 5.82 Å². The van der Waals surface area contributed by atoms with Crippen LogP contribution < -0.4 is 4.74 Å². The SMILES string of the molecule is COc1ccc(C(=O)N(Cc2ccccc2F)C2CC2)cn1. The lowest BCUT2D eigenvalue weighted by Crippen LogP contribution is -2.33. The van der Waals surface area contributed by atoms with Gasteiger partial charge in [-0.1, -0.05) is 18.2 Å². The first-order valence-corrected chi connectivity index (χ1v) is 7.23. The molecule has 1 aromatic heterocycles. The van der Waals surface area contributed by atoms with Crippen molar-refractivity contribution in [2.24, 2.45) is 0 Å². The fourth-order valence-corrected chi connectivity index (χ4v) is 2.36. The van der Waals surface area contributed by atoms with Crippen LogP contribution in [0.4, 0.5) is 4.39 Å². The molecule has 22 heavy (non-hydrogen) atoms. The molecular formula is C17H17FN2O2. The predicted molar refractivity (Wildman–Crippen MR) is 80.1 cm³/mol. The van der Waals surface area contributed by atoms with Gasteiger partial charge in [-0.2, -0.15) is 0 Å². The van der Waals surface area contributed by atoms with Crippen LogP contribution in [0.1, 0.15) is 28.8 Å². The van der Waals surface area contributed by atoms with Crippen molar-refractivity contribution >= 4 is 5.91 Å². The summed E-state index contributed by atoms with van der Waals surface area (Å²) < 4.78 is 18.8. The van der Waals surface area contributed by atoms with Gasteiger partial charge in [0.25, 0.3) is 5.91 Å². The maximum absolute atomic E-state index is 13.8. The Bertz CT molecular complexity index is 669. The Balaban J connectivity index is 1.81. The predicted octanol–water partition coefficient (Wildman–Crippen LogP) is 3.03. The standard InChI is InChI=1S/C17H17FN2O2/c1-22-16-9-6-12(10-19-16)17(21)20(14-7-8-14)11-13-4-2-3-5-15(13)18/h2-6,9-10,14H,7-8,11H2,1H3. The molecule has 0 spiro atoms. The first kappa shape index (κ1) is 14.5. The Labute approximate surface area is 128 Å². The molecule has 0 saturated heterocycles. The van der Waals surface area contributed by atoms with Gasteiger partial charge in [0.2, 0.25) is 5.88 Å². The third-order valence-corrected chi connectivity index (χ3v) is 3.74. The molecule has 0 N–H and O–H groups in total. The van der Waals surface area contributed by atoms with E-state index >= 15 is 0 Å². The van der Waals surface area contributed by atoms with Crippen molar-refractivity contribution in [1.82, 2.24) is 9.88 Å². The highest BCUT2D eigenvalue weighted by Gasteiger charge is 2.33. The summed E-state index contributed by atoms with van der Waals surface area (Å²) in [6, 6.07) is 10.1. The van der Waals surface area contributed by atoms with Gasteiger partial charge in [-0.3, -0.25) is 4.79 Å². The fourth-order valence-electron chi connectivity index (χ4n) is 2.36. The highest BCUT2D eigenvalue weighted by molar-refractivity contribution is 5.94. The molecule has 4 nitrogen and oxygen atoms in total. The lowest BCUT2D eigenvalue weighted by molar-refractivity contribution is 0.0728. The molecule has 0 unspecified atom stereocenters. The second kappa shape index (κ2) is 6.13. The Morgan fingerprint density at radius 2 is 2.09 bits per heavy atom. The molecule has 1 aromatic carbocycles. The first-order valence-electron chi connectivity index (χ1n) is 7.23. The van der Waals surface area contributed by atoms with Gasteiger partial charge < -0.3 is 9.64 Å². The second-order valence-corrected chi connectivity index (χ2v) is 5.34. The monoisotopic (exact) mass is 300 g/mol. The van der Waals surface area contributed by atoms with Crippen molar-refractivity contribution in [3.05, 3.63) is 59.5 Å². The van der Waals surface area contributed by atoms with E-state index in [0.29, 0.717) is 17.0 Å². The molecule has 114 valence electrons. The average Bonchev–Trinajstić information content (AvgIpc) is 3.38. The zero-order chi connectivity index (χ0) is 15.5. The highest BCUT2D eigenvalue weighted by Crippen LogP contribution is 2.30. The van der Waals surface area contributed by atoms with Gasteiger partial charge in [-0.05, 0) is 25.0 Å². The fraction of sp³-hybridized carbons (Fsp3) is 0.294. The van der Waals surface area contributed by atoms with E-state index in [1.165, 1.54) is 19.4 Å². The summed E-state index contributed by atoms with van der Waals surface area (Å²) in [5, 5.41) is 0. The van der Waals surface area contributed by atoms with E-state index in [1.54, 1.807) is 35.2 Å². The Morgan fingerprint density at radius 3 is 2.68 bits per heavy atom. The first-order chi connectivity index (χ1) is 10.7. The number of benzene rings is 1. The lowest BCUT2D eigenvalue weighted by atomic mass is 10.1. The summed E-state index contributed by atoms with van der Waals surface area (Å²) in [5.74, 6) is 0.0540. The number of amides is 1. The number of ether oxygens (including phenoxy) is 1. The number of carbonyl (C=O) groups excluding carboxylic acids is 1. The largest absolute Gasteiger partial charge is 0.481 e. The molecule has 1 fully saturated rings. The molecule has 2 aromatic rings. The van der Waals surface area contributed by atoms with Gasteiger partial charge >= 0.3 is 0 Å². The van der Waals surface area contributed by atoms with Crippen molar-refractivity contribution in [2.75, 3.05) is 7.11 Å². The van der Waals surface area contributed by atoms with Gasteiger partial charge in [0, 0.05) is 30.4 Å². The summed E-state index contributed by atoms with van der Waals surface area (Å²) >= 11 is 0. The minimum absolute atomic E-state index is 0.124. The topological polar surface area (TPSA) is 42.4 Å². The molecule has 0 radical (unpaired) electrons. The molecular weight excluding hydrogens is 283 g/mol. The van der Waals surface area contributed by atoms with Crippen molar-refractivity contribution in [3.63, 3.8) is 0 Å². The van der Waals surface area contributed by atoms with E-state index in [-0.39, 0.29) is 24.3 Å². The quantitative estimate of drug-likeness (QED) is 0.852. The Morgan fingerprint density at radius 1 is 1.32 bits per heavy atom. The molecule has 0 bridgehead atoms. The zero-order valence-corrected chi connectivity index (χ0v) is 12.3. The zero-order valence-electron chi connectivity index (χ0n) is 12.3. The maximum Gasteiger partial charge on any atom is 0.255 e. The van der Waals surface area contributed by atoms with Gasteiger partial charge in [-0.15, -0.1) is 0 Å². The van der Waals surface area contributed by atoms with Crippen molar-refractivity contribution in [2.45, 2.75) is 25.4 Å². The van der Waals surface area contributed by atoms with E-state index in [1.807, 2.05) is 0 Å². The molecule has 1 amide bonds. The van der Waals surface area contributed by atoms with E-state index in [0.717, 1.165) is 12.8 Å². The van der Waals surface area contributed by atoms with E-state index in [4.69, 9.17) is 4.74 Å². The number of hydrogen-bond acceptors (Lipinski definition) is 3. The number of methoxy groups -OCH3 is 1. The number of nitrogens with zero attached hydrogens (tertiary/aromatic N) is 2. The molecule has 0 aliphatic heterocycles. The van der Waals surface area contributed by atoms with Crippen LogP contribution in [0.2, 0.25) is 0 Å². The molecule has 1 heterocycles. The molecule has 5 heteroatoms. The maximum atomic E-state index is 13.8. The molecule has 1 saturated carbocycles. The second-order valence-electron chi connectivity index (χ2n) is 5.34. The van der Waals surface area contributed by atoms with E-state index < -0.39 is 0 Å². The smallest absolute Gasteiger partial charge is 0.255 e. The summed E-state index contributed by atoms with van der Waals surface area (Å²) in [6.07, 6.45) is 3.42. The summed E-state index contributed by atoms with van der Waals surface area (Å²) in [5.41, 5.74) is 1.02. The molecule has 0 atom stereocenters. The van der Waals surface area contributed by atoms with Gasteiger partial charge in [0.15, 0.2) is 0 Å². The van der Waals surface area contributed by atoms with Crippen molar-refractivity contribution in [1.29, 1.82) is 0 Å². The average molecular weight is 300 g/mol. The third-order valence-electron chi connectivity index (χ3n) is 3.74. The van der Waals surface area contributed by atoms with Crippen LogP contribution in [-0.4, -0.2) is 28.9 Å². The molecule has 1 aliphatic carbocycles. The lowest BCUT2D eigenvalue weighted by Gasteiger charge is -2.23. The van der Waals surface area contributed by atoms with E-state index in [9.17, 15) is 9.18 Å². The number of halogens is 1. The number of rotatable bonds is 5. The minimum atomic E-state index is -0.284. The van der Waals surface area contributed by atoms with Crippen molar-refractivity contribution in [3.8, 4) is 5.88 Å². The van der Waals surface area contributed by atoms with Crippen LogP contribution in [0.3, 0.4) is 0 Å². The normalized spacial score (nSPS) is 13.7. The number of carbonyl (C=O) groups is 1. The Hall–Kier alpha value is -2.43. The molecule has 3 rings (SSSR count). The summed E-state index contributed by atoms with van der Waals surface area (Å²) in [6.45, 7) is 0.280. The van der Waals surface area contributed by atoms with Crippen LogP contribution in [-0.2, 0) is 6.54 Å². The van der Waals surface area contributed by atoms with Crippen LogP contribution in [0.25, 0.3) is 0 Å². The van der Waals surface area contributed by atoms with Gasteiger partial charge in [0.05, 0.1) is 12.7 Å².